The summed E-state index contributed by atoms with van der Waals surface area (Å²) in [5.41, 5.74) is 2.74. The number of anilines is 2. The SMILES string of the molecule is CNCc1cccc(NC(=O)Nc2ccc(C#N)c(OC)c2)c1. The van der Waals surface area contributed by atoms with Crippen LogP contribution in [-0.4, -0.2) is 20.2 Å². The zero-order valence-corrected chi connectivity index (χ0v) is 13.0. The second-order valence-corrected chi connectivity index (χ2v) is 4.84. The van der Waals surface area contributed by atoms with Gasteiger partial charge in [-0.3, -0.25) is 0 Å². The van der Waals surface area contributed by atoms with Crippen molar-refractivity contribution < 1.29 is 9.53 Å². The fourth-order valence-corrected chi connectivity index (χ4v) is 2.12. The first-order valence-electron chi connectivity index (χ1n) is 7.06. The highest BCUT2D eigenvalue weighted by molar-refractivity contribution is 5.99. The summed E-state index contributed by atoms with van der Waals surface area (Å²) in [4.78, 5) is 12.1. The third-order valence-electron chi connectivity index (χ3n) is 3.15. The molecule has 23 heavy (non-hydrogen) atoms. The predicted molar refractivity (Wildman–Crippen MR) is 89.6 cm³/mol. The number of nitrogens with one attached hydrogen (secondary N) is 3. The molecule has 0 atom stereocenters. The molecule has 6 nitrogen and oxygen atoms in total. The molecule has 118 valence electrons. The van der Waals surface area contributed by atoms with Crippen molar-refractivity contribution in [2.75, 3.05) is 24.8 Å². The number of nitriles is 1. The van der Waals surface area contributed by atoms with Crippen molar-refractivity contribution in [3.8, 4) is 11.8 Å². The highest BCUT2D eigenvalue weighted by Gasteiger charge is 2.07. The molecular formula is C17H18N4O2. The molecule has 0 saturated heterocycles. The molecule has 0 saturated carbocycles. The van der Waals surface area contributed by atoms with Crippen molar-refractivity contribution in [3.05, 3.63) is 53.6 Å². The van der Waals surface area contributed by atoms with Crippen molar-refractivity contribution in [3.63, 3.8) is 0 Å². The second-order valence-electron chi connectivity index (χ2n) is 4.84. The molecule has 0 aliphatic heterocycles. The summed E-state index contributed by atoms with van der Waals surface area (Å²) in [5.74, 6) is 0.418. The van der Waals surface area contributed by atoms with Gasteiger partial charge in [-0.25, -0.2) is 4.79 Å². The van der Waals surface area contributed by atoms with E-state index in [1.807, 2.05) is 37.4 Å². The fraction of sp³-hybridized carbons (Fsp3) is 0.176. The maximum absolute atomic E-state index is 12.1. The van der Waals surface area contributed by atoms with Crippen LogP contribution in [0.25, 0.3) is 0 Å². The van der Waals surface area contributed by atoms with Gasteiger partial charge in [-0.1, -0.05) is 12.1 Å². The van der Waals surface area contributed by atoms with Gasteiger partial charge >= 0.3 is 6.03 Å². The normalized spacial score (nSPS) is 9.78. The van der Waals surface area contributed by atoms with E-state index in [0.29, 0.717) is 22.7 Å². The molecule has 0 spiro atoms. The summed E-state index contributed by atoms with van der Waals surface area (Å²) >= 11 is 0. The average molecular weight is 310 g/mol. The third kappa shape index (κ3) is 4.46. The molecule has 0 radical (unpaired) electrons. The summed E-state index contributed by atoms with van der Waals surface area (Å²) in [6.07, 6.45) is 0. The summed E-state index contributed by atoms with van der Waals surface area (Å²) in [6.45, 7) is 0.726. The minimum atomic E-state index is -0.363. The monoisotopic (exact) mass is 310 g/mol. The Morgan fingerprint density at radius 2 is 1.91 bits per heavy atom. The third-order valence-corrected chi connectivity index (χ3v) is 3.15. The first-order chi connectivity index (χ1) is 11.2. The number of ether oxygens (including phenoxy) is 1. The van der Waals surface area contributed by atoms with E-state index in [0.717, 1.165) is 12.1 Å². The molecule has 0 aliphatic carbocycles. The number of urea groups is 1. The lowest BCUT2D eigenvalue weighted by atomic mass is 10.2. The van der Waals surface area contributed by atoms with Crippen LogP contribution in [0.4, 0.5) is 16.2 Å². The molecule has 0 heterocycles. The van der Waals surface area contributed by atoms with Crippen LogP contribution in [0, 0.1) is 11.3 Å². The number of rotatable bonds is 5. The minimum Gasteiger partial charge on any atom is -0.495 e. The first-order valence-corrected chi connectivity index (χ1v) is 7.06. The molecule has 0 fully saturated rings. The van der Waals surface area contributed by atoms with Gasteiger partial charge in [0.1, 0.15) is 11.8 Å². The van der Waals surface area contributed by atoms with Crippen molar-refractivity contribution in [1.82, 2.24) is 5.32 Å². The van der Waals surface area contributed by atoms with Crippen molar-refractivity contribution >= 4 is 17.4 Å². The summed E-state index contributed by atoms with van der Waals surface area (Å²) in [6, 6.07) is 14.1. The molecule has 3 N–H and O–H groups in total. The number of hydrogen-bond acceptors (Lipinski definition) is 4. The Balaban J connectivity index is 2.05. The largest absolute Gasteiger partial charge is 0.495 e. The van der Waals surface area contributed by atoms with Crippen LogP contribution < -0.4 is 20.7 Å². The van der Waals surface area contributed by atoms with Gasteiger partial charge in [0.25, 0.3) is 0 Å². The zero-order chi connectivity index (χ0) is 16.7. The molecule has 0 unspecified atom stereocenters. The number of nitrogens with zero attached hydrogens (tertiary/aromatic N) is 1. The first kappa shape index (κ1) is 16.3. The van der Waals surface area contributed by atoms with E-state index >= 15 is 0 Å². The van der Waals surface area contributed by atoms with Gasteiger partial charge in [-0.2, -0.15) is 5.26 Å². The quantitative estimate of drug-likeness (QED) is 0.792. The number of benzene rings is 2. The smallest absolute Gasteiger partial charge is 0.323 e. The fourth-order valence-electron chi connectivity index (χ4n) is 2.12. The Kier molecular flexibility index (Phi) is 5.56. The van der Waals surface area contributed by atoms with Crippen molar-refractivity contribution in [2.45, 2.75) is 6.54 Å². The Morgan fingerprint density at radius 3 is 2.57 bits per heavy atom. The van der Waals surface area contributed by atoms with E-state index in [1.165, 1.54) is 7.11 Å². The van der Waals surface area contributed by atoms with E-state index in [2.05, 4.69) is 16.0 Å². The standard InChI is InChI=1S/C17H18N4O2/c1-19-11-12-4-3-5-14(8-12)20-17(22)21-15-7-6-13(10-18)16(9-15)23-2/h3-9,19H,11H2,1-2H3,(H2,20,21,22). The number of carbonyl (C=O) groups excluding carboxylic acids is 1. The Hall–Kier alpha value is -3.04. The zero-order valence-electron chi connectivity index (χ0n) is 13.0. The van der Waals surface area contributed by atoms with E-state index < -0.39 is 0 Å². The van der Waals surface area contributed by atoms with Crippen LogP contribution in [0.1, 0.15) is 11.1 Å². The lowest BCUT2D eigenvalue weighted by molar-refractivity contribution is 0.262. The minimum absolute atomic E-state index is 0.363. The molecular weight excluding hydrogens is 292 g/mol. The maximum atomic E-state index is 12.1. The number of carbonyl (C=O) groups is 1. The highest BCUT2D eigenvalue weighted by Crippen LogP contribution is 2.22. The van der Waals surface area contributed by atoms with Crippen molar-refractivity contribution in [1.29, 1.82) is 5.26 Å². The summed E-state index contributed by atoms with van der Waals surface area (Å²) in [7, 11) is 3.35. The number of amides is 2. The van der Waals surface area contributed by atoms with Gasteiger partial charge in [0.2, 0.25) is 0 Å². The lowest BCUT2D eigenvalue weighted by Gasteiger charge is -2.10. The van der Waals surface area contributed by atoms with Crippen LogP contribution in [0.15, 0.2) is 42.5 Å². The molecule has 0 aromatic heterocycles. The molecule has 2 rings (SSSR count). The Bertz CT molecular complexity index is 738. The van der Waals surface area contributed by atoms with Gasteiger partial charge < -0.3 is 20.7 Å². The molecule has 2 aromatic rings. The lowest BCUT2D eigenvalue weighted by Crippen LogP contribution is -2.19. The number of hydrogen-bond donors (Lipinski definition) is 3. The van der Waals surface area contributed by atoms with Gasteiger partial charge in [0, 0.05) is 24.0 Å². The van der Waals surface area contributed by atoms with Gasteiger partial charge in [0.05, 0.1) is 12.7 Å². The van der Waals surface area contributed by atoms with Crippen LogP contribution in [0.2, 0.25) is 0 Å². The van der Waals surface area contributed by atoms with Gasteiger partial charge in [0.15, 0.2) is 0 Å². The van der Waals surface area contributed by atoms with E-state index in [4.69, 9.17) is 10.00 Å². The molecule has 2 aromatic carbocycles. The van der Waals surface area contributed by atoms with E-state index in [1.54, 1.807) is 18.2 Å². The molecule has 0 bridgehead atoms. The van der Waals surface area contributed by atoms with E-state index in [-0.39, 0.29) is 6.03 Å². The maximum Gasteiger partial charge on any atom is 0.323 e. The molecule has 6 heteroatoms. The summed E-state index contributed by atoms with van der Waals surface area (Å²) < 4.78 is 5.12. The topological polar surface area (TPSA) is 86.2 Å². The van der Waals surface area contributed by atoms with E-state index in [9.17, 15) is 4.79 Å². The predicted octanol–water partition coefficient (Wildman–Crippen LogP) is 2.93. The second kappa shape index (κ2) is 7.82. The van der Waals surface area contributed by atoms with Crippen LogP contribution in [-0.2, 0) is 6.54 Å². The van der Waals surface area contributed by atoms with Crippen LogP contribution >= 0.6 is 0 Å². The Labute approximate surface area is 135 Å². The molecule has 0 aliphatic rings. The highest BCUT2D eigenvalue weighted by atomic mass is 16.5. The molecule has 2 amide bonds. The van der Waals surface area contributed by atoms with Crippen LogP contribution in [0.3, 0.4) is 0 Å². The average Bonchev–Trinajstić information content (AvgIpc) is 2.55. The van der Waals surface area contributed by atoms with Crippen LogP contribution in [0.5, 0.6) is 5.75 Å². The number of methoxy groups -OCH3 is 1. The van der Waals surface area contributed by atoms with Gasteiger partial charge in [-0.05, 0) is 36.9 Å². The van der Waals surface area contributed by atoms with Gasteiger partial charge in [-0.15, -0.1) is 0 Å². The Morgan fingerprint density at radius 1 is 1.17 bits per heavy atom. The van der Waals surface area contributed by atoms with Crippen molar-refractivity contribution in [2.24, 2.45) is 0 Å². The summed E-state index contributed by atoms with van der Waals surface area (Å²) in [5, 5.41) is 17.5.